The van der Waals surface area contributed by atoms with Crippen molar-refractivity contribution in [1.82, 2.24) is 0 Å². The topological polar surface area (TPSA) is 18.5 Å². The Morgan fingerprint density at radius 3 is 2.29 bits per heavy atom. The molecule has 0 aromatic heterocycles. The van der Waals surface area contributed by atoms with Crippen molar-refractivity contribution in [1.29, 1.82) is 0 Å². The minimum Gasteiger partial charge on any atom is -0.347 e. The van der Waals surface area contributed by atoms with Gasteiger partial charge in [-0.3, -0.25) is 0 Å². The maximum Gasteiger partial charge on any atom is 0.166 e. The summed E-state index contributed by atoms with van der Waals surface area (Å²) in [5.41, 5.74) is -0.0543. The Morgan fingerprint density at radius 2 is 1.86 bits per heavy atom. The summed E-state index contributed by atoms with van der Waals surface area (Å²) in [6.45, 7) is 12.9. The SMILES string of the molecule is CC(C)C[C@@]1(C)O[C@H](C)CC(C)(C)O1. The molecule has 0 spiro atoms. The van der Waals surface area contributed by atoms with Gasteiger partial charge in [-0.2, -0.15) is 0 Å². The summed E-state index contributed by atoms with van der Waals surface area (Å²) in [5.74, 6) is 0.205. The van der Waals surface area contributed by atoms with E-state index < -0.39 is 5.79 Å². The number of ether oxygens (including phenoxy) is 2. The first-order chi connectivity index (χ1) is 6.22. The van der Waals surface area contributed by atoms with Gasteiger partial charge in [-0.05, 0) is 33.6 Å². The summed E-state index contributed by atoms with van der Waals surface area (Å²) in [7, 11) is 0. The summed E-state index contributed by atoms with van der Waals surface area (Å²) >= 11 is 0. The van der Waals surface area contributed by atoms with Gasteiger partial charge in [0.15, 0.2) is 5.79 Å². The quantitative estimate of drug-likeness (QED) is 0.680. The van der Waals surface area contributed by atoms with Gasteiger partial charge in [-0.25, -0.2) is 0 Å². The number of rotatable bonds is 2. The van der Waals surface area contributed by atoms with Crippen LogP contribution in [-0.4, -0.2) is 17.5 Å². The van der Waals surface area contributed by atoms with Crippen molar-refractivity contribution in [3.63, 3.8) is 0 Å². The average Bonchev–Trinajstić information content (AvgIpc) is 1.74. The highest BCUT2D eigenvalue weighted by Gasteiger charge is 2.41. The molecular weight excluding hydrogens is 176 g/mol. The molecule has 2 heteroatoms. The molecule has 0 aromatic carbocycles. The van der Waals surface area contributed by atoms with Crippen LogP contribution in [-0.2, 0) is 9.47 Å². The zero-order valence-electron chi connectivity index (χ0n) is 10.4. The third kappa shape index (κ3) is 3.25. The van der Waals surface area contributed by atoms with Crippen molar-refractivity contribution in [3.8, 4) is 0 Å². The lowest BCUT2D eigenvalue weighted by Gasteiger charge is -2.46. The van der Waals surface area contributed by atoms with Gasteiger partial charge in [-0.15, -0.1) is 0 Å². The predicted octanol–water partition coefficient (Wildman–Crippen LogP) is 3.35. The molecule has 14 heavy (non-hydrogen) atoms. The van der Waals surface area contributed by atoms with Crippen molar-refractivity contribution in [2.45, 2.75) is 71.9 Å². The smallest absolute Gasteiger partial charge is 0.166 e. The Hall–Kier alpha value is -0.0800. The first-order valence-electron chi connectivity index (χ1n) is 5.60. The molecule has 1 rings (SSSR count). The van der Waals surface area contributed by atoms with Gasteiger partial charge in [0.05, 0.1) is 11.7 Å². The summed E-state index contributed by atoms with van der Waals surface area (Å²) < 4.78 is 11.9. The monoisotopic (exact) mass is 200 g/mol. The van der Waals surface area contributed by atoms with Crippen molar-refractivity contribution in [2.24, 2.45) is 5.92 Å². The van der Waals surface area contributed by atoms with Crippen LogP contribution < -0.4 is 0 Å². The lowest BCUT2D eigenvalue weighted by Crippen LogP contribution is -2.50. The van der Waals surface area contributed by atoms with E-state index in [1.54, 1.807) is 0 Å². The maximum absolute atomic E-state index is 6.02. The van der Waals surface area contributed by atoms with Crippen LogP contribution in [0.15, 0.2) is 0 Å². The zero-order chi connectivity index (χ0) is 11.0. The van der Waals surface area contributed by atoms with Crippen LogP contribution in [0.3, 0.4) is 0 Å². The molecule has 0 unspecified atom stereocenters. The van der Waals surface area contributed by atoms with E-state index in [9.17, 15) is 0 Å². The number of hydrogen-bond acceptors (Lipinski definition) is 2. The molecule has 1 fully saturated rings. The minimum atomic E-state index is -0.394. The van der Waals surface area contributed by atoms with Gasteiger partial charge < -0.3 is 9.47 Å². The van der Waals surface area contributed by atoms with Crippen LogP contribution in [0.2, 0.25) is 0 Å². The second-order valence-electron chi connectivity index (χ2n) is 5.73. The first kappa shape index (κ1) is 12.0. The Balaban J connectivity index is 2.68. The average molecular weight is 200 g/mol. The molecule has 0 amide bonds. The normalized spacial score (nSPS) is 37.5. The Kier molecular flexibility index (Phi) is 3.27. The van der Waals surface area contributed by atoms with Gasteiger partial charge in [0, 0.05) is 12.8 Å². The van der Waals surface area contributed by atoms with Crippen molar-refractivity contribution in [3.05, 3.63) is 0 Å². The molecule has 0 aromatic rings. The summed E-state index contributed by atoms with van der Waals surface area (Å²) in [6, 6.07) is 0. The molecule has 0 bridgehead atoms. The standard InChI is InChI=1S/C12H24O2/c1-9(2)7-12(6)13-10(3)8-11(4,5)14-12/h9-10H,7-8H2,1-6H3/t10-,12+/m1/s1. The molecule has 0 aliphatic carbocycles. The van der Waals surface area contributed by atoms with E-state index in [1.807, 2.05) is 0 Å². The van der Waals surface area contributed by atoms with Crippen LogP contribution in [0.4, 0.5) is 0 Å². The van der Waals surface area contributed by atoms with Crippen molar-refractivity contribution < 1.29 is 9.47 Å². The Morgan fingerprint density at radius 1 is 1.29 bits per heavy atom. The highest BCUT2D eigenvalue weighted by atomic mass is 16.7. The number of hydrogen-bond donors (Lipinski definition) is 0. The third-order valence-corrected chi connectivity index (χ3v) is 2.50. The van der Waals surface area contributed by atoms with E-state index >= 15 is 0 Å². The first-order valence-corrected chi connectivity index (χ1v) is 5.60. The predicted molar refractivity (Wildman–Crippen MR) is 58.2 cm³/mol. The highest BCUT2D eigenvalue weighted by molar-refractivity contribution is 4.83. The second-order valence-corrected chi connectivity index (χ2v) is 5.73. The van der Waals surface area contributed by atoms with E-state index in [4.69, 9.17) is 9.47 Å². The molecule has 2 atom stereocenters. The second kappa shape index (κ2) is 3.82. The van der Waals surface area contributed by atoms with E-state index in [-0.39, 0.29) is 5.60 Å². The van der Waals surface area contributed by atoms with Crippen LogP contribution in [0.5, 0.6) is 0 Å². The summed E-state index contributed by atoms with van der Waals surface area (Å²) in [4.78, 5) is 0. The molecule has 0 saturated carbocycles. The van der Waals surface area contributed by atoms with Gasteiger partial charge in [0.25, 0.3) is 0 Å². The Labute approximate surface area is 88.0 Å². The fraction of sp³-hybridized carbons (Fsp3) is 1.00. The Bertz CT molecular complexity index is 194. The molecular formula is C12H24O2. The third-order valence-electron chi connectivity index (χ3n) is 2.50. The van der Waals surface area contributed by atoms with Crippen LogP contribution in [0.1, 0.15) is 54.4 Å². The molecule has 0 N–H and O–H groups in total. The lowest BCUT2D eigenvalue weighted by molar-refractivity contribution is -0.335. The molecule has 1 aliphatic heterocycles. The molecule has 1 heterocycles. The van der Waals surface area contributed by atoms with E-state index in [1.165, 1.54) is 0 Å². The summed E-state index contributed by atoms with van der Waals surface area (Å²) in [6.07, 6.45) is 2.23. The van der Waals surface area contributed by atoms with Gasteiger partial charge in [0.1, 0.15) is 0 Å². The zero-order valence-corrected chi connectivity index (χ0v) is 10.4. The highest BCUT2D eigenvalue weighted by Crippen LogP contribution is 2.37. The van der Waals surface area contributed by atoms with Gasteiger partial charge >= 0.3 is 0 Å². The lowest BCUT2D eigenvalue weighted by atomic mass is 9.95. The molecule has 84 valence electrons. The van der Waals surface area contributed by atoms with Gasteiger partial charge in [0.2, 0.25) is 0 Å². The molecule has 1 saturated heterocycles. The van der Waals surface area contributed by atoms with E-state index in [0.29, 0.717) is 12.0 Å². The maximum atomic E-state index is 6.02. The van der Waals surface area contributed by atoms with E-state index in [2.05, 4.69) is 41.5 Å². The van der Waals surface area contributed by atoms with E-state index in [0.717, 1.165) is 12.8 Å². The minimum absolute atomic E-state index is 0.0543. The van der Waals surface area contributed by atoms with Crippen LogP contribution >= 0.6 is 0 Å². The molecule has 1 aliphatic rings. The fourth-order valence-electron chi connectivity index (χ4n) is 2.64. The van der Waals surface area contributed by atoms with Crippen LogP contribution in [0, 0.1) is 5.92 Å². The summed E-state index contributed by atoms with van der Waals surface area (Å²) in [5, 5.41) is 0. The largest absolute Gasteiger partial charge is 0.347 e. The molecule has 0 radical (unpaired) electrons. The van der Waals surface area contributed by atoms with Crippen molar-refractivity contribution >= 4 is 0 Å². The van der Waals surface area contributed by atoms with Crippen molar-refractivity contribution in [2.75, 3.05) is 0 Å². The molecule has 2 nitrogen and oxygen atoms in total. The fourth-order valence-corrected chi connectivity index (χ4v) is 2.64. The van der Waals surface area contributed by atoms with Gasteiger partial charge in [-0.1, -0.05) is 13.8 Å². The van der Waals surface area contributed by atoms with Crippen LogP contribution in [0.25, 0.3) is 0 Å².